The molecule has 2 N–H and O–H groups in total. The molecule has 0 unspecified atom stereocenters. The van der Waals surface area contributed by atoms with E-state index in [-0.39, 0.29) is 0 Å². The van der Waals surface area contributed by atoms with Gasteiger partial charge in [0.2, 0.25) is 0 Å². The van der Waals surface area contributed by atoms with Crippen LogP contribution < -0.4 is 10.6 Å². The number of unbranched alkanes of at least 4 members (excludes halogenated alkanes) is 3. The molecule has 0 radical (unpaired) electrons. The van der Waals surface area contributed by atoms with Crippen molar-refractivity contribution in [3.8, 4) is 0 Å². The van der Waals surface area contributed by atoms with Gasteiger partial charge in [-0.1, -0.05) is 47.0 Å². The molecular weight excluding hydrogens is 260 g/mol. The molecule has 0 saturated carbocycles. The second kappa shape index (κ2) is 9.59. The molecule has 0 aliphatic carbocycles. The smallest absolute Gasteiger partial charge is 0.135 e. The SMILES string of the molecule is CCCCCCNc1nc(C(C)C)nc(NCCC)c1C. The van der Waals surface area contributed by atoms with Crippen LogP contribution in [0.1, 0.15) is 77.1 Å². The first-order chi connectivity index (χ1) is 10.1. The van der Waals surface area contributed by atoms with Crippen LogP contribution in [0, 0.1) is 6.92 Å². The highest BCUT2D eigenvalue weighted by atomic mass is 15.1. The van der Waals surface area contributed by atoms with Crippen molar-refractivity contribution in [1.29, 1.82) is 0 Å². The van der Waals surface area contributed by atoms with Crippen molar-refractivity contribution in [2.45, 2.75) is 72.6 Å². The van der Waals surface area contributed by atoms with Crippen molar-refractivity contribution in [2.75, 3.05) is 23.7 Å². The van der Waals surface area contributed by atoms with E-state index in [1.807, 2.05) is 0 Å². The fourth-order valence-electron chi connectivity index (χ4n) is 2.14. The van der Waals surface area contributed by atoms with E-state index in [1.54, 1.807) is 0 Å². The van der Waals surface area contributed by atoms with E-state index < -0.39 is 0 Å². The van der Waals surface area contributed by atoms with Crippen molar-refractivity contribution < 1.29 is 0 Å². The fraction of sp³-hybridized carbons (Fsp3) is 0.765. The minimum atomic E-state index is 0.341. The van der Waals surface area contributed by atoms with Gasteiger partial charge in [0.25, 0.3) is 0 Å². The van der Waals surface area contributed by atoms with Gasteiger partial charge in [-0.05, 0) is 19.8 Å². The van der Waals surface area contributed by atoms with Gasteiger partial charge in [-0.2, -0.15) is 0 Å². The lowest BCUT2D eigenvalue weighted by Crippen LogP contribution is -2.13. The number of nitrogens with zero attached hydrogens (tertiary/aromatic N) is 2. The van der Waals surface area contributed by atoms with Gasteiger partial charge in [0, 0.05) is 24.6 Å². The first kappa shape index (κ1) is 17.7. The average Bonchev–Trinajstić information content (AvgIpc) is 2.47. The lowest BCUT2D eigenvalue weighted by Gasteiger charge is -2.16. The van der Waals surface area contributed by atoms with E-state index in [9.17, 15) is 0 Å². The van der Waals surface area contributed by atoms with Crippen molar-refractivity contribution in [1.82, 2.24) is 9.97 Å². The largest absolute Gasteiger partial charge is 0.370 e. The van der Waals surface area contributed by atoms with E-state index in [0.717, 1.165) is 42.5 Å². The molecule has 1 rings (SSSR count). The summed E-state index contributed by atoms with van der Waals surface area (Å²) in [7, 11) is 0. The topological polar surface area (TPSA) is 49.8 Å². The summed E-state index contributed by atoms with van der Waals surface area (Å²) in [6, 6.07) is 0. The third-order valence-corrected chi connectivity index (χ3v) is 3.54. The molecule has 0 atom stereocenters. The minimum Gasteiger partial charge on any atom is -0.370 e. The summed E-state index contributed by atoms with van der Waals surface area (Å²) in [5.41, 5.74) is 1.13. The molecule has 1 aromatic heterocycles. The van der Waals surface area contributed by atoms with Crippen LogP contribution in [0.15, 0.2) is 0 Å². The monoisotopic (exact) mass is 292 g/mol. The number of hydrogen-bond donors (Lipinski definition) is 2. The number of rotatable bonds is 10. The highest BCUT2D eigenvalue weighted by Crippen LogP contribution is 2.23. The maximum absolute atomic E-state index is 4.70. The lowest BCUT2D eigenvalue weighted by molar-refractivity contribution is 0.683. The first-order valence-electron chi connectivity index (χ1n) is 8.46. The molecule has 0 amide bonds. The highest BCUT2D eigenvalue weighted by Gasteiger charge is 2.12. The molecule has 0 saturated heterocycles. The minimum absolute atomic E-state index is 0.341. The fourth-order valence-corrected chi connectivity index (χ4v) is 2.14. The first-order valence-corrected chi connectivity index (χ1v) is 8.46. The molecule has 21 heavy (non-hydrogen) atoms. The van der Waals surface area contributed by atoms with E-state index in [1.165, 1.54) is 25.7 Å². The average molecular weight is 292 g/mol. The summed E-state index contributed by atoms with van der Waals surface area (Å²) >= 11 is 0. The van der Waals surface area contributed by atoms with Gasteiger partial charge in [-0.15, -0.1) is 0 Å². The maximum Gasteiger partial charge on any atom is 0.135 e. The van der Waals surface area contributed by atoms with Crippen LogP contribution >= 0.6 is 0 Å². The van der Waals surface area contributed by atoms with Crippen LogP contribution in [0.2, 0.25) is 0 Å². The molecule has 4 heteroatoms. The molecule has 0 fully saturated rings. The van der Waals surface area contributed by atoms with E-state index in [0.29, 0.717) is 5.92 Å². The summed E-state index contributed by atoms with van der Waals surface area (Å²) in [4.78, 5) is 9.36. The van der Waals surface area contributed by atoms with Crippen LogP contribution in [0.5, 0.6) is 0 Å². The van der Waals surface area contributed by atoms with Gasteiger partial charge in [0.05, 0.1) is 0 Å². The molecule has 4 nitrogen and oxygen atoms in total. The molecule has 1 aromatic rings. The van der Waals surface area contributed by atoms with Crippen molar-refractivity contribution in [3.63, 3.8) is 0 Å². The molecule has 0 aromatic carbocycles. The summed E-state index contributed by atoms with van der Waals surface area (Å²) in [5.74, 6) is 3.22. The van der Waals surface area contributed by atoms with Gasteiger partial charge < -0.3 is 10.6 Å². The predicted octanol–water partition coefficient (Wildman–Crippen LogP) is 4.72. The Morgan fingerprint density at radius 2 is 1.48 bits per heavy atom. The zero-order chi connectivity index (χ0) is 15.7. The van der Waals surface area contributed by atoms with Crippen LogP contribution in [0.25, 0.3) is 0 Å². The van der Waals surface area contributed by atoms with E-state index in [4.69, 9.17) is 4.98 Å². The second-order valence-electron chi connectivity index (χ2n) is 5.97. The van der Waals surface area contributed by atoms with Crippen molar-refractivity contribution in [2.24, 2.45) is 0 Å². The Hall–Kier alpha value is -1.32. The van der Waals surface area contributed by atoms with E-state index >= 15 is 0 Å². The summed E-state index contributed by atoms with van der Waals surface area (Å²) in [6.07, 6.45) is 6.16. The molecule has 0 aliphatic heterocycles. The molecular formula is C17H32N4. The van der Waals surface area contributed by atoms with Crippen LogP contribution in [0.3, 0.4) is 0 Å². The van der Waals surface area contributed by atoms with Gasteiger partial charge in [-0.3, -0.25) is 0 Å². The van der Waals surface area contributed by atoms with Gasteiger partial charge in [-0.25, -0.2) is 9.97 Å². The standard InChI is InChI=1S/C17H32N4/c1-6-8-9-10-12-19-17-14(5)16(18-11-7-2)20-15(21-17)13(3)4/h13H,6-12H2,1-5H3,(H2,18,19,20,21). The Morgan fingerprint density at radius 1 is 0.857 bits per heavy atom. The molecule has 120 valence electrons. The van der Waals surface area contributed by atoms with Crippen molar-refractivity contribution >= 4 is 11.6 Å². The quantitative estimate of drug-likeness (QED) is 0.612. The third-order valence-electron chi connectivity index (χ3n) is 3.54. The van der Waals surface area contributed by atoms with Crippen LogP contribution in [-0.4, -0.2) is 23.1 Å². The Kier molecular flexibility index (Phi) is 8.09. The number of anilines is 2. The normalized spacial score (nSPS) is 11.0. The Balaban J connectivity index is 2.77. The summed E-state index contributed by atoms with van der Waals surface area (Å²) in [5, 5.41) is 6.91. The zero-order valence-electron chi connectivity index (χ0n) is 14.4. The number of hydrogen-bond acceptors (Lipinski definition) is 4. The Morgan fingerprint density at radius 3 is 2.00 bits per heavy atom. The van der Waals surface area contributed by atoms with E-state index in [2.05, 4.69) is 50.2 Å². The number of aromatic nitrogens is 2. The molecule has 0 aliphatic rings. The van der Waals surface area contributed by atoms with Gasteiger partial charge in [0.15, 0.2) is 0 Å². The zero-order valence-corrected chi connectivity index (χ0v) is 14.4. The summed E-state index contributed by atoms with van der Waals surface area (Å²) in [6.45, 7) is 12.7. The Labute approximate surface area is 130 Å². The lowest BCUT2D eigenvalue weighted by atomic mass is 10.2. The van der Waals surface area contributed by atoms with Crippen molar-refractivity contribution in [3.05, 3.63) is 11.4 Å². The van der Waals surface area contributed by atoms with Crippen LogP contribution in [-0.2, 0) is 0 Å². The highest BCUT2D eigenvalue weighted by molar-refractivity contribution is 5.57. The van der Waals surface area contributed by atoms with Crippen LogP contribution in [0.4, 0.5) is 11.6 Å². The van der Waals surface area contributed by atoms with Gasteiger partial charge in [0.1, 0.15) is 17.5 Å². The second-order valence-corrected chi connectivity index (χ2v) is 5.97. The third kappa shape index (κ3) is 5.90. The maximum atomic E-state index is 4.70. The number of nitrogens with one attached hydrogen (secondary N) is 2. The molecule has 0 bridgehead atoms. The molecule has 0 spiro atoms. The Bertz CT molecular complexity index is 415. The molecule has 1 heterocycles. The van der Waals surface area contributed by atoms with Gasteiger partial charge >= 0.3 is 0 Å². The summed E-state index contributed by atoms with van der Waals surface area (Å²) < 4.78 is 0. The predicted molar refractivity (Wildman–Crippen MR) is 92.3 cm³/mol.